The van der Waals surface area contributed by atoms with Crippen molar-refractivity contribution in [3.8, 4) is 0 Å². The Kier molecular flexibility index (Phi) is 5.22. The van der Waals surface area contributed by atoms with Crippen LogP contribution in [0.3, 0.4) is 0 Å². The third-order valence-electron chi connectivity index (χ3n) is 2.80. The van der Waals surface area contributed by atoms with Crippen LogP contribution in [0.5, 0.6) is 0 Å². The predicted molar refractivity (Wildman–Crippen MR) is 81.2 cm³/mol. The summed E-state index contributed by atoms with van der Waals surface area (Å²) in [6.45, 7) is 0.209. The number of thiazole rings is 1. The Morgan fingerprint density at radius 2 is 2.14 bits per heavy atom. The maximum Gasteiger partial charge on any atom is 0.264 e. The highest BCUT2D eigenvalue weighted by molar-refractivity contribution is 7.90. The Morgan fingerprint density at radius 3 is 2.82 bits per heavy atom. The summed E-state index contributed by atoms with van der Waals surface area (Å²) in [5.41, 5.74) is 0.456. The molecule has 0 saturated carbocycles. The molecule has 22 heavy (non-hydrogen) atoms. The molecular weight excluding hydrogens is 329 g/mol. The predicted octanol–water partition coefficient (Wildman–Crippen LogP) is 0.713. The zero-order chi connectivity index (χ0) is 16.2. The number of nitrogens with one attached hydrogen (secondary N) is 1. The van der Waals surface area contributed by atoms with Gasteiger partial charge in [-0.25, -0.2) is 17.5 Å². The van der Waals surface area contributed by atoms with Gasteiger partial charge in [0, 0.05) is 17.1 Å². The van der Waals surface area contributed by atoms with E-state index in [0.29, 0.717) is 10.4 Å². The summed E-state index contributed by atoms with van der Waals surface area (Å²) in [4.78, 5) is 15.8. The zero-order valence-corrected chi connectivity index (χ0v) is 13.3. The van der Waals surface area contributed by atoms with Crippen LogP contribution in [-0.2, 0) is 21.4 Å². The quantitative estimate of drug-likeness (QED) is 0.868. The highest BCUT2D eigenvalue weighted by atomic mass is 32.2. The number of carbonyl (C=O) groups is 1. The van der Waals surface area contributed by atoms with Gasteiger partial charge >= 0.3 is 0 Å². The molecule has 2 rings (SSSR count). The zero-order valence-electron chi connectivity index (χ0n) is 11.7. The Hall–Kier alpha value is -1.84. The summed E-state index contributed by atoms with van der Waals surface area (Å²) in [5, 5.41) is 1.69. The van der Waals surface area contributed by atoms with Crippen LogP contribution >= 0.6 is 11.3 Å². The number of halogens is 1. The maximum absolute atomic E-state index is 13.6. The number of hydrogen-bond donors (Lipinski definition) is 1. The van der Waals surface area contributed by atoms with E-state index in [1.165, 1.54) is 24.5 Å². The molecular formula is C13H14FN3O3S2. The second-order valence-corrected chi connectivity index (χ2v) is 7.17. The van der Waals surface area contributed by atoms with Crippen LogP contribution in [0, 0.1) is 5.82 Å². The van der Waals surface area contributed by atoms with Crippen molar-refractivity contribution in [1.29, 1.82) is 0 Å². The molecule has 0 aliphatic heterocycles. The summed E-state index contributed by atoms with van der Waals surface area (Å²) in [6.07, 6.45) is 1.66. The molecule has 0 aliphatic rings. The van der Waals surface area contributed by atoms with E-state index in [-0.39, 0.29) is 12.4 Å². The van der Waals surface area contributed by atoms with E-state index in [1.54, 1.807) is 34.3 Å². The molecule has 0 radical (unpaired) electrons. The Morgan fingerprint density at radius 1 is 1.41 bits per heavy atom. The van der Waals surface area contributed by atoms with Crippen LogP contribution in [0.25, 0.3) is 0 Å². The normalized spacial score (nSPS) is 12.5. The van der Waals surface area contributed by atoms with Gasteiger partial charge in [-0.15, -0.1) is 11.3 Å². The minimum absolute atomic E-state index is 0.209. The molecule has 0 unspecified atom stereocenters. The topological polar surface area (TPSA) is 80.5 Å². The molecule has 118 valence electrons. The summed E-state index contributed by atoms with van der Waals surface area (Å²) >= 11 is 1.17. The molecule has 0 atom stereocenters. The largest absolute Gasteiger partial charge is 0.319 e. The first-order chi connectivity index (χ1) is 10.4. The van der Waals surface area contributed by atoms with Gasteiger partial charge in [-0.05, 0) is 13.1 Å². The second kappa shape index (κ2) is 6.95. The van der Waals surface area contributed by atoms with Crippen molar-refractivity contribution in [3.05, 3.63) is 52.0 Å². The SMILES string of the molecule is CNS(=O)(=O)CC(=O)N=c1sccn1Cc1ccccc1F. The van der Waals surface area contributed by atoms with Gasteiger partial charge in [-0.2, -0.15) is 4.99 Å². The van der Waals surface area contributed by atoms with Crippen LogP contribution in [0.15, 0.2) is 40.8 Å². The van der Waals surface area contributed by atoms with Gasteiger partial charge in [0.2, 0.25) is 10.0 Å². The van der Waals surface area contributed by atoms with Crippen molar-refractivity contribution in [2.75, 3.05) is 12.8 Å². The molecule has 2 aromatic rings. The van der Waals surface area contributed by atoms with Crippen molar-refractivity contribution in [1.82, 2.24) is 9.29 Å². The molecule has 1 aromatic heterocycles. The number of amides is 1. The van der Waals surface area contributed by atoms with E-state index < -0.39 is 21.7 Å². The first-order valence-corrected chi connectivity index (χ1v) is 8.80. The minimum atomic E-state index is -3.66. The molecule has 0 aliphatic carbocycles. The van der Waals surface area contributed by atoms with Crippen LogP contribution in [0.4, 0.5) is 4.39 Å². The average molecular weight is 343 g/mol. The van der Waals surface area contributed by atoms with Crippen molar-refractivity contribution in [2.45, 2.75) is 6.54 Å². The molecule has 9 heteroatoms. The van der Waals surface area contributed by atoms with E-state index in [4.69, 9.17) is 0 Å². The summed E-state index contributed by atoms with van der Waals surface area (Å²) in [5.74, 6) is -1.85. The maximum atomic E-state index is 13.6. The average Bonchev–Trinajstić information content (AvgIpc) is 2.88. The van der Waals surface area contributed by atoms with Crippen molar-refractivity contribution in [2.24, 2.45) is 4.99 Å². The van der Waals surface area contributed by atoms with E-state index in [0.717, 1.165) is 0 Å². The first kappa shape index (κ1) is 16.5. The number of rotatable bonds is 5. The smallest absolute Gasteiger partial charge is 0.264 e. The van der Waals surface area contributed by atoms with Gasteiger partial charge < -0.3 is 4.57 Å². The van der Waals surface area contributed by atoms with Crippen LogP contribution in [-0.4, -0.2) is 31.7 Å². The number of aromatic nitrogens is 1. The molecule has 1 amide bonds. The van der Waals surface area contributed by atoms with Crippen LogP contribution in [0.1, 0.15) is 5.56 Å². The van der Waals surface area contributed by atoms with E-state index in [9.17, 15) is 17.6 Å². The standard InChI is InChI=1S/C13H14FN3O3S2/c1-15-22(19,20)9-12(18)16-13-17(6-7-21-13)8-10-4-2-3-5-11(10)14/h2-7,15H,8-9H2,1H3. The van der Waals surface area contributed by atoms with Crippen LogP contribution in [0.2, 0.25) is 0 Å². The summed E-state index contributed by atoms with van der Waals surface area (Å²) < 4.78 is 39.9. The molecule has 0 spiro atoms. The van der Waals surface area contributed by atoms with Crippen molar-refractivity contribution < 1.29 is 17.6 Å². The lowest BCUT2D eigenvalue weighted by Gasteiger charge is -2.04. The monoisotopic (exact) mass is 343 g/mol. The Bertz CT molecular complexity index is 840. The van der Waals surface area contributed by atoms with E-state index >= 15 is 0 Å². The highest BCUT2D eigenvalue weighted by Crippen LogP contribution is 2.08. The van der Waals surface area contributed by atoms with Gasteiger partial charge in [0.05, 0.1) is 6.54 Å². The number of carbonyl (C=O) groups excluding carboxylic acids is 1. The van der Waals surface area contributed by atoms with Crippen molar-refractivity contribution >= 4 is 27.3 Å². The van der Waals surface area contributed by atoms with Gasteiger partial charge in [0.15, 0.2) is 4.80 Å². The number of hydrogen-bond acceptors (Lipinski definition) is 4. The number of nitrogens with zero attached hydrogens (tertiary/aromatic N) is 2. The number of sulfonamides is 1. The fourth-order valence-corrected chi connectivity index (χ4v) is 2.97. The summed E-state index contributed by atoms with van der Waals surface area (Å²) in [7, 11) is -2.43. The fraction of sp³-hybridized carbons (Fsp3) is 0.231. The third kappa shape index (κ3) is 4.33. The summed E-state index contributed by atoms with van der Waals surface area (Å²) in [6, 6.07) is 6.29. The molecule has 0 bridgehead atoms. The third-order valence-corrected chi connectivity index (χ3v) is 4.85. The molecule has 1 heterocycles. The van der Waals surface area contributed by atoms with Crippen molar-refractivity contribution in [3.63, 3.8) is 0 Å². The highest BCUT2D eigenvalue weighted by Gasteiger charge is 2.13. The van der Waals surface area contributed by atoms with Gasteiger partial charge in [0.25, 0.3) is 5.91 Å². The molecule has 0 fully saturated rings. The van der Waals surface area contributed by atoms with E-state index in [1.807, 2.05) is 0 Å². The van der Waals surface area contributed by atoms with Crippen LogP contribution < -0.4 is 9.52 Å². The molecule has 0 saturated heterocycles. The van der Waals surface area contributed by atoms with E-state index in [2.05, 4.69) is 9.71 Å². The lowest BCUT2D eigenvalue weighted by Crippen LogP contribution is -2.27. The molecule has 1 aromatic carbocycles. The minimum Gasteiger partial charge on any atom is -0.319 e. The lowest BCUT2D eigenvalue weighted by atomic mass is 10.2. The molecule has 1 N–H and O–H groups in total. The lowest BCUT2D eigenvalue weighted by molar-refractivity contribution is -0.115. The number of benzene rings is 1. The Labute approximate surface area is 131 Å². The first-order valence-electron chi connectivity index (χ1n) is 6.27. The Balaban J connectivity index is 2.24. The molecule has 6 nitrogen and oxygen atoms in total. The fourth-order valence-electron chi connectivity index (χ4n) is 1.69. The second-order valence-electron chi connectivity index (χ2n) is 4.37. The van der Waals surface area contributed by atoms with Gasteiger partial charge in [0.1, 0.15) is 11.6 Å². The van der Waals surface area contributed by atoms with Gasteiger partial charge in [-0.3, -0.25) is 4.79 Å². The van der Waals surface area contributed by atoms with Gasteiger partial charge in [-0.1, -0.05) is 18.2 Å².